The summed E-state index contributed by atoms with van der Waals surface area (Å²) in [5.41, 5.74) is 4.35. The third-order valence-electron chi connectivity index (χ3n) is 4.88. The van der Waals surface area contributed by atoms with Crippen LogP contribution < -0.4 is 20.2 Å². The Labute approximate surface area is 197 Å². The molecule has 0 bridgehead atoms. The molecule has 0 aliphatic carbocycles. The van der Waals surface area contributed by atoms with Gasteiger partial charge in [-0.1, -0.05) is 17.7 Å². The molecule has 1 aliphatic heterocycles. The van der Waals surface area contributed by atoms with Gasteiger partial charge in [0.05, 0.1) is 26.0 Å². The lowest BCUT2D eigenvalue weighted by molar-refractivity contribution is -0.137. The number of rotatable bonds is 8. The van der Waals surface area contributed by atoms with E-state index in [2.05, 4.69) is 15.8 Å². The number of carbonyl (C=O) groups is 3. The molecule has 3 rings (SSSR count). The summed E-state index contributed by atoms with van der Waals surface area (Å²) in [5, 5.41) is 6.33. The number of nitrogens with zero attached hydrogens (tertiary/aromatic N) is 2. The van der Waals surface area contributed by atoms with Crippen molar-refractivity contribution in [3.8, 4) is 11.5 Å². The molecule has 1 fully saturated rings. The zero-order valence-corrected chi connectivity index (χ0v) is 19.2. The largest absolute Gasteiger partial charge is 0.490 e. The van der Waals surface area contributed by atoms with Gasteiger partial charge in [0, 0.05) is 18.8 Å². The SMILES string of the molecule is CCOc1cc(/C=N\NC(=O)C(=O)Nc2ccc(C)cc2)ccc1OCC(=O)N1CCOCC1. The van der Waals surface area contributed by atoms with Crippen LogP contribution in [0.3, 0.4) is 0 Å². The maximum absolute atomic E-state index is 12.3. The highest BCUT2D eigenvalue weighted by molar-refractivity contribution is 6.39. The van der Waals surface area contributed by atoms with Crippen molar-refractivity contribution in [3.05, 3.63) is 53.6 Å². The Balaban J connectivity index is 1.54. The summed E-state index contributed by atoms with van der Waals surface area (Å²) in [6, 6.07) is 12.1. The van der Waals surface area contributed by atoms with Crippen LogP contribution in [0.25, 0.3) is 0 Å². The molecule has 10 nitrogen and oxygen atoms in total. The lowest BCUT2D eigenvalue weighted by atomic mass is 10.2. The Kier molecular flexibility index (Phi) is 8.98. The second-order valence-corrected chi connectivity index (χ2v) is 7.44. The lowest BCUT2D eigenvalue weighted by Gasteiger charge is -2.26. The summed E-state index contributed by atoms with van der Waals surface area (Å²) in [6.07, 6.45) is 1.38. The molecule has 0 saturated carbocycles. The molecule has 1 saturated heterocycles. The van der Waals surface area contributed by atoms with Crippen molar-refractivity contribution >= 4 is 29.6 Å². The predicted octanol–water partition coefficient (Wildman–Crippen LogP) is 1.72. The summed E-state index contributed by atoms with van der Waals surface area (Å²) in [4.78, 5) is 38.0. The van der Waals surface area contributed by atoms with Crippen molar-refractivity contribution in [1.82, 2.24) is 10.3 Å². The van der Waals surface area contributed by atoms with Crippen LogP contribution in [-0.4, -0.2) is 68.4 Å². The summed E-state index contributed by atoms with van der Waals surface area (Å²) in [7, 11) is 0. The van der Waals surface area contributed by atoms with Crippen LogP contribution in [0.1, 0.15) is 18.1 Å². The molecule has 1 aliphatic rings. The van der Waals surface area contributed by atoms with E-state index in [1.807, 2.05) is 26.0 Å². The monoisotopic (exact) mass is 468 g/mol. The number of benzene rings is 2. The number of nitrogens with one attached hydrogen (secondary N) is 2. The number of hydrazone groups is 1. The highest BCUT2D eigenvalue weighted by Gasteiger charge is 2.18. The van der Waals surface area contributed by atoms with Gasteiger partial charge in [0.1, 0.15) is 0 Å². The first-order chi connectivity index (χ1) is 16.5. The van der Waals surface area contributed by atoms with Gasteiger partial charge in [0.2, 0.25) is 0 Å². The molecule has 2 N–H and O–H groups in total. The molecular weight excluding hydrogens is 440 g/mol. The van der Waals surface area contributed by atoms with Crippen molar-refractivity contribution in [2.45, 2.75) is 13.8 Å². The van der Waals surface area contributed by atoms with E-state index >= 15 is 0 Å². The van der Waals surface area contributed by atoms with Gasteiger partial charge >= 0.3 is 11.8 Å². The first kappa shape index (κ1) is 24.7. The molecule has 2 aromatic rings. The molecule has 1 heterocycles. The first-order valence-electron chi connectivity index (χ1n) is 10.9. The predicted molar refractivity (Wildman–Crippen MR) is 126 cm³/mol. The minimum atomic E-state index is -0.900. The second kappa shape index (κ2) is 12.4. The number of carbonyl (C=O) groups excluding carboxylic acids is 3. The fourth-order valence-corrected chi connectivity index (χ4v) is 3.08. The van der Waals surface area contributed by atoms with E-state index in [0.29, 0.717) is 55.7 Å². The molecule has 3 amide bonds. The standard InChI is InChI=1S/C24H28N4O6/c1-3-33-21-14-18(6-9-20(21)34-16-22(29)28-10-12-32-13-11-28)15-25-27-24(31)23(30)26-19-7-4-17(2)5-8-19/h4-9,14-15H,3,10-13,16H2,1-2H3,(H,26,30)(H,27,31)/b25-15-. The van der Waals surface area contributed by atoms with E-state index in [9.17, 15) is 14.4 Å². The molecule has 0 unspecified atom stereocenters. The molecule has 2 aromatic carbocycles. The van der Waals surface area contributed by atoms with Gasteiger partial charge in [0.15, 0.2) is 18.1 Å². The summed E-state index contributed by atoms with van der Waals surface area (Å²) >= 11 is 0. The Morgan fingerprint density at radius 2 is 1.76 bits per heavy atom. The van der Waals surface area contributed by atoms with Crippen LogP contribution in [0, 0.1) is 6.92 Å². The van der Waals surface area contributed by atoms with E-state index in [0.717, 1.165) is 5.56 Å². The number of ether oxygens (including phenoxy) is 3. The number of hydrogen-bond donors (Lipinski definition) is 2. The Bertz CT molecular complexity index is 1030. The van der Waals surface area contributed by atoms with Crippen LogP contribution >= 0.6 is 0 Å². The van der Waals surface area contributed by atoms with E-state index < -0.39 is 11.8 Å². The zero-order chi connectivity index (χ0) is 24.3. The van der Waals surface area contributed by atoms with Crippen molar-refractivity contribution in [2.24, 2.45) is 5.10 Å². The fourth-order valence-electron chi connectivity index (χ4n) is 3.08. The van der Waals surface area contributed by atoms with E-state index in [1.54, 1.807) is 35.2 Å². The molecule has 180 valence electrons. The smallest absolute Gasteiger partial charge is 0.329 e. The lowest BCUT2D eigenvalue weighted by Crippen LogP contribution is -2.43. The zero-order valence-electron chi connectivity index (χ0n) is 19.2. The van der Waals surface area contributed by atoms with Crippen LogP contribution in [0.2, 0.25) is 0 Å². The van der Waals surface area contributed by atoms with Crippen LogP contribution in [-0.2, 0) is 19.1 Å². The van der Waals surface area contributed by atoms with Gasteiger partial charge in [0.25, 0.3) is 5.91 Å². The molecule has 34 heavy (non-hydrogen) atoms. The maximum Gasteiger partial charge on any atom is 0.329 e. The van der Waals surface area contributed by atoms with Gasteiger partial charge < -0.3 is 24.4 Å². The number of morpholine rings is 1. The van der Waals surface area contributed by atoms with Crippen molar-refractivity contribution < 1.29 is 28.6 Å². The van der Waals surface area contributed by atoms with Crippen molar-refractivity contribution in [3.63, 3.8) is 0 Å². The normalized spacial score (nSPS) is 13.4. The average Bonchev–Trinajstić information content (AvgIpc) is 2.85. The third kappa shape index (κ3) is 7.31. The average molecular weight is 469 g/mol. The van der Waals surface area contributed by atoms with Gasteiger partial charge in [-0.15, -0.1) is 0 Å². The minimum absolute atomic E-state index is 0.111. The van der Waals surface area contributed by atoms with Crippen molar-refractivity contribution in [2.75, 3.05) is 44.8 Å². The number of amides is 3. The van der Waals surface area contributed by atoms with Gasteiger partial charge in [-0.2, -0.15) is 5.10 Å². The van der Waals surface area contributed by atoms with Crippen LogP contribution in [0.4, 0.5) is 5.69 Å². The summed E-state index contributed by atoms with van der Waals surface area (Å²) < 4.78 is 16.5. The minimum Gasteiger partial charge on any atom is -0.490 e. The van der Waals surface area contributed by atoms with Crippen LogP contribution in [0.5, 0.6) is 11.5 Å². The molecule has 0 atom stereocenters. The molecule has 0 radical (unpaired) electrons. The first-order valence-corrected chi connectivity index (χ1v) is 10.9. The molecular formula is C24H28N4O6. The third-order valence-corrected chi connectivity index (χ3v) is 4.88. The van der Waals surface area contributed by atoms with Crippen molar-refractivity contribution in [1.29, 1.82) is 0 Å². The number of aryl methyl sites for hydroxylation is 1. The van der Waals surface area contributed by atoms with E-state index in [1.165, 1.54) is 6.21 Å². The van der Waals surface area contributed by atoms with E-state index in [-0.39, 0.29) is 12.5 Å². The number of anilines is 1. The Morgan fingerprint density at radius 3 is 2.47 bits per heavy atom. The Hall–Kier alpha value is -3.92. The number of hydrogen-bond acceptors (Lipinski definition) is 7. The molecule has 0 spiro atoms. The molecule has 0 aromatic heterocycles. The van der Waals surface area contributed by atoms with Crippen LogP contribution in [0.15, 0.2) is 47.6 Å². The fraction of sp³-hybridized carbons (Fsp3) is 0.333. The summed E-state index contributed by atoms with van der Waals surface area (Å²) in [6.45, 7) is 6.17. The van der Waals surface area contributed by atoms with Gasteiger partial charge in [-0.3, -0.25) is 14.4 Å². The second-order valence-electron chi connectivity index (χ2n) is 7.44. The highest BCUT2D eigenvalue weighted by atomic mass is 16.5. The van der Waals surface area contributed by atoms with Gasteiger partial charge in [-0.25, -0.2) is 5.43 Å². The maximum atomic E-state index is 12.3. The topological polar surface area (TPSA) is 119 Å². The highest BCUT2D eigenvalue weighted by Crippen LogP contribution is 2.28. The van der Waals surface area contributed by atoms with Gasteiger partial charge in [-0.05, 0) is 49.7 Å². The Morgan fingerprint density at radius 1 is 1.03 bits per heavy atom. The quantitative estimate of drug-likeness (QED) is 0.346. The van der Waals surface area contributed by atoms with E-state index in [4.69, 9.17) is 14.2 Å². The summed E-state index contributed by atoms with van der Waals surface area (Å²) in [5.74, 6) is -0.997. The molecule has 10 heteroatoms.